The first kappa shape index (κ1) is 15.9. The molecule has 0 aromatic carbocycles. The highest BCUT2D eigenvalue weighted by Gasteiger charge is 2.56. The van der Waals surface area contributed by atoms with Crippen LogP contribution in [-0.2, 0) is 11.8 Å². The van der Waals surface area contributed by atoms with Crippen molar-refractivity contribution in [3.05, 3.63) is 48.5 Å². The lowest BCUT2D eigenvalue weighted by Gasteiger charge is -2.26. The molecule has 0 unspecified atom stereocenters. The molecule has 0 N–H and O–H groups in total. The van der Waals surface area contributed by atoms with E-state index in [2.05, 4.69) is 11.9 Å². The predicted octanol–water partition coefficient (Wildman–Crippen LogP) is 1.94. The van der Waals surface area contributed by atoms with Gasteiger partial charge in [-0.15, -0.1) is 0 Å². The van der Waals surface area contributed by atoms with Crippen molar-refractivity contribution in [3.63, 3.8) is 0 Å². The molecule has 4 heterocycles. The van der Waals surface area contributed by atoms with E-state index in [0.29, 0.717) is 25.3 Å². The van der Waals surface area contributed by atoms with Gasteiger partial charge in [0, 0.05) is 39.1 Å². The molecule has 0 aliphatic carbocycles. The number of hydrogen-bond acceptors (Lipinski definition) is 3. The minimum absolute atomic E-state index is 0.00357. The summed E-state index contributed by atoms with van der Waals surface area (Å²) in [5.74, 6) is 0.268. The maximum atomic E-state index is 13.2. The number of carbonyl (C=O) groups is 2. The largest absolute Gasteiger partial charge is 0.347 e. The Bertz CT molecular complexity index is 816. The third-order valence-corrected chi connectivity index (χ3v) is 5.77. The van der Waals surface area contributed by atoms with Crippen LogP contribution in [0.25, 0.3) is 0 Å². The summed E-state index contributed by atoms with van der Waals surface area (Å²) >= 11 is 0. The van der Waals surface area contributed by atoms with E-state index in [1.807, 2.05) is 51.9 Å². The lowest BCUT2D eigenvalue weighted by atomic mass is 9.78. The maximum absolute atomic E-state index is 13.2. The third kappa shape index (κ3) is 2.35. The first-order valence-electron chi connectivity index (χ1n) is 8.65. The second-order valence-corrected chi connectivity index (χ2v) is 7.17. The molecule has 1 spiro atoms. The molecule has 2 aliphatic rings. The Kier molecular flexibility index (Phi) is 3.63. The number of anilines is 1. The van der Waals surface area contributed by atoms with Crippen molar-refractivity contribution < 1.29 is 9.59 Å². The standard InChI is InChI=1S/C19H22N4O2/c1-14-12-22(17(24)16-6-4-9-21(16)2)13-19(14)7-10-23(18(19)25)15-5-3-8-20-11-15/h3-6,8-9,11,14H,7,10,12-13H2,1-2H3/t14-,19-/m1/s1. The summed E-state index contributed by atoms with van der Waals surface area (Å²) in [6, 6.07) is 7.46. The van der Waals surface area contributed by atoms with E-state index in [4.69, 9.17) is 0 Å². The van der Waals surface area contributed by atoms with Crippen LogP contribution in [0, 0.1) is 11.3 Å². The number of likely N-dealkylation sites (tertiary alicyclic amines) is 1. The third-order valence-electron chi connectivity index (χ3n) is 5.77. The highest BCUT2D eigenvalue weighted by Crippen LogP contribution is 2.46. The molecule has 2 saturated heterocycles. The number of nitrogens with zero attached hydrogens (tertiary/aromatic N) is 4. The Hall–Kier alpha value is -2.63. The zero-order valence-electron chi connectivity index (χ0n) is 14.6. The fraction of sp³-hybridized carbons (Fsp3) is 0.421. The van der Waals surface area contributed by atoms with Gasteiger partial charge in [-0.05, 0) is 36.6 Å². The van der Waals surface area contributed by atoms with E-state index in [1.165, 1.54) is 0 Å². The van der Waals surface area contributed by atoms with Crippen LogP contribution in [0.1, 0.15) is 23.8 Å². The van der Waals surface area contributed by atoms with Gasteiger partial charge in [-0.3, -0.25) is 14.6 Å². The lowest BCUT2D eigenvalue weighted by molar-refractivity contribution is -0.126. The Morgan fingerprint density at radius 2 is 2.16 bits per heavy atom. The van der Waals surface area contributed by atoms with Gasteiger partial charge in [0.1, 0.15) is 5.69 Å². The summed E-state index contributed by atoms with van der Waals surface area (Å²) in [7, 11) is 1.87. The Morgan fingerprint density at radius 1 is 1.32 bits per heavy atom. The van der Waals surface area contributed by atoms with Gasteiger partial charge in [0.05, 0.1) is 17.3 Å². The van der Waals surface area contributed by atoms with Crippen molar-refractivity contribution in [2.24, 2.45) is 18.4 Å². The highest BCUT2D eigenvalue weighted by atomic mass is 16.2. The van der Waals surface area contributed by atoms with Gasteiger partial charge < -0.3 is 14.4 Å². The van der Waals surface area contributed by atoms with Crippen LogP contribution in [0.5, 0.6) is 0 Å². The van der Waals surface area contributed by atoms with Gasteiger partial charge in [-0.2, -0.15) is 0 Å². The first-order chi connectivity index (χ1) is 12.0. The summed E-state index contributed by atoms with van der Waals surface area (Å²) in [6.45, 7) is 3.88. The average Bonchev–Trinajstić information content (AvgIpc) is 3.28. The van der Waals surface area contributed by atoms with Crippen molar-refractivity contribution in [2.75, 3.05) is 24.5 Å². The van der Waals surface area contributed by atoms with Crippen LogP contribution in [0.2, 0.25) is 0 Å². The number of carbonyl (C=O) groups excluding carboxylic acids is 2. The van der Waals surface area contributed by atoms with Crippen molar-refractivity contribution >= 4 is 17.5 Å². The highest BCUT2D eigenvalue weighted by molar-refractivity contribution is 6.01. The molecule has 2 amide bonds. The Labute approximate surface area is 147 Å². The molecule has 6 nitrogen and oxygen atoms in total. The van der Waals surface area contributed by atoms with E-state index >= 15 is 0 Å². The van der Waals surface area contributed by atoms with Gasteiger partial charge >= 0.3 is 0 Å². The predicted molar refractivity (Wildman–Crippen MR) is 94.1 cm³/mol. The van der Waals surface area contributed by atoms with Gasteiger partial charge in [0.25, 0.3) is 5.91 Å². The second kappa shape index (κ2) is 5.72. The van der Waals surface area contributed by atoms with Crippen LogP contribution < -0.4 is 4.90 Å². The summed E-state index contributed by atoms with van der Waals surface area (Å²) in [4.78, 5) is 33.8. The molecule has 2 aliphatic heterocycles. The van der Waals surface area contributed by atoms with Crippen LogP contribution in [0.3, 0.4) is 0 Å². The molecule has 4 rings (SSSR count). The van der Waals surface area contributed by atoms with E-state index in [9.17, 15) is 9.59 Å². The summed E-state index contributed by atoms with van der Waals surface area (Å²) in [6.07, 6.45) is 6.08. The van der Waals surface area contributed by atoms with Crippen LogP contribution in [0.4, 0.5) is 5.69 Å². The molecule has 0 saturated carbocycles. The number of hydrogen-bond donors (Lipinski definition) is 0. The van der Waals surface area contributed by atoms with Crippen molar-refractivity contribution in [2.45, 2.75) is 13.3 Å². The van der Waals surface area contributed by atoms with Gasteiger partial charge in [-0.25, -0.2) is 0 Å². The normalized spacial score (nSPS) is 26.0. The number of rotatable bonds is 2. The van der Waals surface area contributed by atoms with E-state index in [1.54, 1.807) is 12.4 Å². The second-order valence-electron chi connectivity index (χ2n) is 7.17. The molecule has 0 radical (unpaired) electrons. The first-order valence-corrected chi connectivity index (χ1v) is 8.65. The molecule has 25 heavy (non-hydrogen) atoms. The van der Waals surface area contributed by atoms with E-state index < -0.39 is 5.41 Å². The number of aryl methyl sites for hydroxylation is 1. The Morgan fingerprint density at radius 3 is 2.84 bits per heavy atom. The minimum atomic E-state index is -0.476. The summed E-state index contributed by atoms with van der Waals surface area (Å²) in [5, 5.41) is 0. The van der Waals surface area contributed by atoms with E-state index in [-0.39, 0.29) is 17.7 Å². The molecule has 130 valence electrons. The van der Waals surface area contributed by atoms with Gasteiger partial charge in [0.15, 0.2) is 0 Å². The van der Waals surface area contributed by atoms with Crippen LogP contribution >= 0.6 is 0 Å². The summed E-state index contributed by atoms with van der Waals surface area (Å²) < 4.78 is 1.83. The monoisotopic (exact) mass is 338 g/mol. The number of aromatic nitrogens is 2. The molecule has 6 heteroatoms. The number of pyridine rings is 1. The topological polar surface area (TPSA) is 58.4 Å². The fourth-order valence-electron chi connectivity index (χ4n) is 4.22. The van der Waals surface area contributed by atoms with Crippen molar-refractivity contribution in [3.8, 4) is 0 Å². The van der Waals surface area contributed by atoms with Crippen molar-refractivity contribution in [1.82, 2.24) is 14.5 Å². The molecule has 2 aromatic heterocycles. The smallest absolute Gasteiger partial charge is 0.270 e. The zero-order chi connectivity index (χ0) is 17.6. The molecule has 0 bridgehead atoms. The fourth-order valence-corrected chi connectivity index (χ4v) is 4.22. The number of amides is 2. The van der Waals surface area contributed by atoms with Gasteiger partial charge in [0.2, 0.25) is 5.91 Å². The molecule has 2 fully saturated rings. The summed E-state index contributed by atoms with van der Waals surface area (Å²) in [5.41, 5.74) is 1.03. The SMILES string of the molecule is C[C@@H]1CN(C(=O)c2cccn2C)C[C@]12CCN(c1cccnc1)C2=O. The molecular formula is C19H22N4O2. The zero-order valence-corrected chi connectivity index (χ0v) is 14.6. The molecule has 2 atom stereocenters. The molecular weight excluding hydrogens is 316 g/mol. The van der Waals surface area contributed by atoms with Crippen LogP contribution in [0.15, 0.2) is 42.9 Å². The van der Waals surface area contributed by atoms with E-state index in [0.717, 1.165) is 12.1 Å². The van der Waals surface area contributed by atoms with Crippen molar-refractivity contribution in [1.29, 1.82) is 0 Å². The quantitative estimate of drug-likeness (QED) is 0.841. The van der Waals surface area contributed by atoms with Gasteiger partial charge in [-0.1, -0.05) is 6.92 Å². The molecule has 2 aromatic rings. The van der Waals surface area contributed by atoms with Crippen LogP contribution in [-0.4, -0.2) is 45.9 Å². The lowest BCUT2D eigenvalue weighted by Crippen LogP contribution is -2.40. The Balaban J connectivity index is 1.58. The minimum Gasteiger partial charge on any atom is -0.347 e. The average molecular weight is 338 g/mol. The maximum Gasteiger partial charge on any atom is 0.270 e.